The standard InChI is InChI=1S/C21H20BrClO3/c1-2-3-7-19-20(15-6-4-5-8-17(15)26-19)21(24)14-9-10-18(16(23)13-14)25-12-11-22/h4-6,8-10,13H,2-3,7,11-12H2,1H3. The number of halogens is 2. The number of carbonyl (C=O) groups is 1. The van der Waals surface area contributed by atoms with Gasteiger partial charge in [-0.3, -0.25) is 4.79 Å². The highest BCUT2D eigenvalue weighted by Crippen LogP contribution is 2.32. The average Bonchev–Trinajstić information content (AvgIpc) is 3.03. The molecule has 0 bridgehead atoms. The summed E-state index contributed by atoms with van der Waals surface area (Å²) in [5.74, 6) is 1.25. The maximum Gasteiger partial charge on any atom is 0.197 e. The van der Waals surface area contributed by atoms with Crippen LogP contribution >= 0.6 is 27.5 Å². The van der Waals surface area contributed by atoms with Gasteiger partial charge in [0.15, 0.2) is 5.78 Å². The first-order chi connectivity index (χ1) is 12.7. The third kappa shape index (κ3) is 3.97. The van der Waals surface area contributed by atoms with Crippen LogP contribution in [0.1, 0.15) is 41.4 Å². The fourth-order valence-corrected chi connectivity index (χ4v) is 3.31. The van der Waals surface area contributed by atoms with Gasteiger partial charge in [0, 0.05) is 22.7 Å². The minimum atomic E-state index is -0.0741. The van der Waals surface area contributed by atoms with Crippen molar-refractivity contribution in [1.82, 2.24) is 0 Å². The molecule has 136 valence electrons. The molecule has 0 saturated heterocycles. The smallest absolute Gasteiger partial charge is 0.197 e. The van der Waals surface area contributed by atoms with Crippen molar-refractivity contribution in [2.75, 3.05) is 11.9 Å². The van der Waals surface area contributed by atoms with E-state index in [0.29, 0.717) is 33.8 Å². The van der Waals surface area contributed by atoms with Crippen LogP contribution in [0.2, 0.25) is 5.02 Å². The number of aryl methyl sites for hydroxylation is 1. The highest BCUT2D eigenvalue weighted by molar-refractivity contribution is 9.09. The van der Waals surface area contributed by atoms with Gasteiger partial charge in [-0.05, 0) is 30.7 Å². The molecule has 0 saturated carbocycles. The summed E-state index contributed by atoms with van der Waals surface area (Å²) in [5.41, 5.74) is 1.91. The number of ether oxygens (including phenoxy) is 1. The van der Waals surface area contributed by atoms with Gasteiger partial charge in [-0.25, -0.2) is 0 Å². The van der Waals surface area contributed by atoms with Gasteiger partial charge in [0.1, 0.15) is 17.1 Å². The number of rotatable bonds is 8. The quantitative estimate of drug-likeness (QED) is 0.302. The van der Waals surface area contributed by atoms with Crippen LogP contribution in [0.15, 0.2) is 46.9 Å². The van der Waals surface area contributed by atoms with Crippen molar-refractivity contribution in [3.63, 3.8) is 0 Å². The van der Waals surface area contributed by atoms with E-state index in [-0.39, 0.29) is 5.78 Å². The van der Waals surface area contributed by atoms with E-state index in [1.165, 1.54) is 0 Å². The second kappa shape index (κ2) is 8.74. The Morgan fingerprint density at radius 1 is 1.23 bits per heavy atom. The zero-order valence-corrected chi connectivity index (χ0v) is 16.9. The monoisotopic (exact) mass is 434 g/mol. The Labute approximate surface area is 166 Å². The summed E-state index contributed by atoms with van der Waals surface area (Å²) >= 11 is 9.61. The molecule has 0 unspecified atom stereocenters. The van der Waals surface area contributed by atoms with Gasteiger partial charge in [0.05, 0.1) is 17.2 Å². The van der Waals surface area contributed by atoms with Crippen LogP contribution in [-0.4, -0.2) is 17.7 Å². The van der Waals surface area contributed by atoms with E-state index >= 15 is 0 Å². The molecule has 5 heteroatoms. The molecule has 1 aromatic heterocycles. The molecule has 26 heavy (non-hydrogen) atoms. The molecule has 3 aromatic rings. The number of alkyl halides is 1. The van der Waals surface area contributed by atoms with E-state index in [1.54, 1.807) is 18.2 Å². The number of unbranched alkanes of at least 4 members (excludes halogenated alkanes) is 1. The summed E-state index contributed by atoms with van der Waals surface area (Å²) in [6.45, 7) is 2.64. The lowest BCUT2D eigenvalue weighted by Crippen LogP contribution is -2.05. The van der Waals surface area contributed by atoms with E-state index in [4.69, 9.17) is 20.8 Å². The first-order valence-corrected chi connectivity index (χ1v) is 10.2. The third-order valence-electron chi connectivity index (χ3n) is 4.18. The predicted molar refractivity (Wildman–Crippen MR) is 109 cm³/mol. The van der Waals surface area contributed by atoms with Gasteiger partial charge in [-0.1, -0.05) is 59.1 Å². The Morgan fingerprint density at radius 2 is 2.04 bits per heavy atom. The lowest BCUT2D eigenvalue weighted by Gasteiger charge is -2.08. The van der Waals surface area contributed by atoms with Crippen molar-refractivity contribution < 1.29 is 13.9 Å². The SMILES string of the molecule is CCCCc1oc2ccccc2c1C(=O)c1ccc(OCCBr)c(Cl)c1. The maximum atomic E-state index is 13.2. The molecule has 0 N–H and O–H groups in total. The summed E-state index contributed by atoms with van der Waals surface area (Å²) in [5, 5.41) is 1.99. The summed E-state index contributed by atoms with van der Waals surface area (Å²) in [6.07, 6.45) is 2.75. The molecular formula is C21H20BrClO3. The molecule has 0 amide bonds. The van der Waals surface area contributed by atoms with Crippen molar-refractivity contribution >= 4 is 44.3 Å². The molecule has 3 nitrogen and oxygen atoms in total. The van der Waals surface area contributed by atoms with E-state index in [9.17, 15) is 4.79 Å². The molecule has 0 aliphatic heterocycles. The highest BCUT2D eigenvalue weighted by atomic mass is 79.9. The summed E-state index contributed by atoms with van der Waals surface area (Å²) in [7, 11) is 0. The van der Waals surface area contributed by atoms with Crippen LogP contribution in [-0.2, 0) is 6.42 Å². The number of furan rings is 1. The highest BCUT2D eigenvalue weighted by Gasteiger charge is 2.22. The molecule has 2 aromatic carbocycles. The van der Waals surface area contributed by atoms with E-state index in [0.717, 1.165) is 36.0 Å². The van der Waals surface area contributed by atoms with Crippen LogP contribution in [0.5, 0.6) is 5.75 Å². The van der Waals surface area contributed by atoms with E-state index < -0.39 is 0 Å². The number of para-hydroxylation sites is 1. The second-order valence-corrected chi connectivity index (χ2v) is 7.21. The molecule has 0 aliphatic carbocycles. The third-order valence-corrected chi connectivity index (χ3v) is 4.80. The van der Waals surface area contributed by atoms with Gasteiger partial charge in [-0.15, -0.1) is 0 Å². The Hall–Kier alpha value is -1.78. The number of hydrogen-bond acceptors (Lipinski definition) is 3. The predicted octanol–water partition coefficient (Wildman–Crippen LogP) is 6.43. The van der Waals surface area contributed by atoms with Crippen LogP contribution in [0.4, 0.5) is 0 Å². The topological polar surface area (TPSA) is 39.4 Å². The van der Waals surface area contributed by atoms with Gasteiger partial charge in [0.25, 0.3) is 0 Å². The van der Waals surface area contributed by atoms with Crippen molar-refractivity contribution in [2.24, 2.45) is 0 Å². The first kappa shape index (κ1) is 19.0. The zero-order valence-electron chi connectivity index (χ0n) is 14.6. The van der Waals surface area contributed by atoms with Crippen LogP contribution < -0.4 is 4.74 Å². The molecule has 0 spiro atoms. The summed E-state index contributed by atoms with van der Waals surface area (Å²) in [4.78, 5) is 13.2. The van der Waals surface area contributed by atoms with Crippen molar-refractivity contribution in [3.8, 4) is 5.75 Å². The number of ketones is 1. The molecule has 0 atom stereocenters. The minimum Gasteiger partial charge on any atom is -0.491 e. The fraction of sp³-hybridized carbons (Fsp3) is 0.286. The average molecular weight is 436 g/mol. The Balaban J connectivity index is 2.00. The van der Waals surface area contributed by atoms with Gasteiger partial charge < -0.3 is 9.15 Å². The largest absolute Gasteiger partial charge is 0.491 e. The Kier molecular flexibility index (Phi) is 6.38. The number of fused-ring (bicyclic) bond motifs is 1. The van der Waals surface area contributed by atoms with Gasteiger partial charge in [-0.2, -0.15) is 0 Å². The lowest BCUT2D eigenvalue weighted by atomic mass is 9.98. The van der Waals surface area contributed by atoms with Crippen molar-refractivity contribution in [1.29, 1.82) is 0 Å². The van der Waals surface area contributed by atoms with Crippen LogP contribution in [0.25, 0.3) is 11.0 Å². The second-order valence-electron chi connectivity index (χ2n) is 6.01. The molecule has 1 heterocycles. The number of hydrogen-bond donors (Lipinski definition) is 0. The van der Waals surface area contributed by atoms with Gasteiger partial charge in [0.2, 0.25) is 0 Å². The van der Waals surface area contributed by atoms with Crippen LogP contribution in [0, 0.1) is 0 Å². The molecular weight excluding hydrogens is 416 g/mol. The normalized spacial score (nSPS) is 11.0. The van der Waals surface area contributed by atoms with Crippen molar-refractivity contribution in [3.05, 3.63) is 64.4 Å². The number of benzene rings is 2. The molecule has 3 rings (SSSR count). The fourth-order valence-electron chi connectivity index (χ4n) is 2.91. The van der Waals surface area contributed by atoms with E-state index in [1.807, 2.05) is 24.3 Å². The van der Waals surface area contributed by atoms with E-state index in [2.05, 4.69) is 22.9 Å². The molecule has 0 fully saturated rings. The zero-order chi connectivity index (χ0) is 18.5. The van der Waals surface area contributed by atoms with Gasteiger partial charge >= 0.3 is 0 Å². The first-order valence-electron chi connectivity index (χ1n) is 8.69. The Bertz CT molecular complexity index is 917. The lowest BCUT2D eigenvalue weighted by molar-refractivity contribution is 0.103. The van der Waals surface area contributed by atoms with Crippen molar-refractivity contribution in [2.45, 2.75) is 26.2 Å². The molecule has 0 radical (unpaired) electrons. The summed E-state index contributed by atoms with van der Waals surface area (Å²) in [6, 6.07) is 12.8. The minimum absolute atomic E-state index is 0.0741. The van der Waals surface area contributed by atoms with Crippen LogP contribution in [0.3, 0.4) is 0 Å². The summed E-state index contributed by atoms with van der Waals surface area (Å²) < 4.78 is 11.5. The Morgan fingerprint density at radius 3 is 2.77 bits per heavy atom. The maximum absolute atomic E-state index is 13.2. The number of carbonyl (C=O) groups excluding carboxylic acids is 1. The molecule has 0 aliphatic rings.